The fourth-order valence-corrected chi connectivity index (χ4v) is 6.34. The third-order valence-corrected chi connectivity index (χ3v) is 8.18. The van der Waals surface area contributed by atoms with Gasteiger partial charge < -0.3 is 5.32 Å². The maximum absolute atomic E-state index is 12.7. The lowest BCUT2D eigenvalue weighted by atomic mass is 9.98. The summed E-state index contributed by atoms with van der Waals surface area (Å²) < 4.78 is 0. The van der Waals surface area contributed by atoms with E-state index in [4.69, 9.17) is 0 Å². The van der Waals surface area contributed by atoms with Crippen molar-refractivity contribution in [3.8, 4) is 0 Å². The molecule has 0 saturated carbocycles. The minimum atomic E-state index is -0.00364. The molecule has 4 heterocycles. The van der Waals surface area contributed by atoms with Crippen LogP contribution < -0.4 is 5.32 Å². The van der Waals surface area contributed by atoms with Crippen LogP contribution in [-0.2, 0) is 0 Å². The summed E-state index contributed by atoms with van der Waals surface area (Å²) in [6, 6.07) is 8.41. The molecular formula is C21H24N2OS3. The number of aryl methyl sites for hydroxylation is 1. The Hall–Kier alpha value is -1.47. The van der Waals surface area contributed by atoms with Gasteiger partial charge in [0.25, 0.3) is 5.91 Å². The molecule has 1 amide bonds. The molecule has 1 aliphatic heterocycles. The van der Waals surface area contributed by atoms with Gasteiger partial charge in [-0.2, -0.15) is 0 Å². The van der Waals surface area contributed by atoms with Crippen LogP contribution in [0.3, 0.4) is 0 Å². The predicted molar refractivity (Wildman–Crippen MR) is 118 cm³/mol. The van der Waals surface area contributed by atoms with Crippen molar-refractivity contribution in [3.05, 3.63) is 60.8 Å². The fraction of sp³-hybridized carbons (Fsp3) is 0.381. The molecule has 1 saturated heterocycles. The Morgan fingerprint density at radius 1 is 1.07 bits per heavy atom. The number of carbonyl (C=O) groups is 1. The van der Waals surface area contributed by atoms with Crippen LogP contribution in [0.4, 0.5) is 5.00 Å². The van der Waals surface area contributed by atoms with Crippen LogP contribution in [0.1, 0.15) is 55.9 Å². The molecule has 6 heteroatoms. The number of hydrogen-bond donors (Lipinski definition) is 1. The molecule has 142 valence electrons. The highest BCUT2D eigenvalue weighted by atomic mass is 32.1. The first-order valence-corrected chi connectivity index (χ1v) is 11.9. The zero-order valence-electron chi connectivity index (χ0n) is 15.7. The van der Waals surface area contributed by atoms with Gasteiger partial charge in [0.1, 0.15) is 5.00 Å². The fourth-order valence-electron chi connectivity index (χ4n) is 3.77. The summed E-state index contributed by atoms with van der Waals surface area (Å²) in [5.41, 5.74) is 2.59. The third kappa shape index (κ3) is 3.90. The van der Waals surface area contributed by atoms with Crippen LogP contribution in [-0.4, -0.2) is 23.9 Å². The van der Waals surface area contributed by atoms with Gasteiger partial charge in [0.15, 0.2) is 0 Å². The monoisotopic (exact) mass is 416 g/mol. The minimum absolute atomic E-state index is 0.00364. The number of rotatable bonds is 5. The quantitative estimate of drug-likeness (QED) is 0.528. The number of thiophene rings is 3. The number of hydrogen-bond acceptors (Lipinski definition) is 5. The topological polar surface area (TPSA) is 32.3 Å². The number of anilines is 1. The molecule has 1 N–H and O–H groups in total. The van der Waals surface area contributed by atoms with Gasteiger partial charge in [0.2, 0.25) is 0 Å². The van der Waals surface area contributed by atoms with Gasteiger partial charge in [0, 0.05) is 15.3 Å². The standard InChI is InChI=1S/C21H24N2OS3/c1-14-15(2)27-21(22-20(24)17-9-7-13-26-17)18(14)19(16-8-6-12-25-16)23-10-4-3-5-11-23/h6-9,12-13,19H,3-5,10-11H2,1-2H3,(H,22,24)/t19-/m1/s1. The molecule has 0 aliphatic carbocycles. The van der Waals surface area contributed by atoms with E-state index >= 15 is 0 Å². The van der Waals surface area contributed by atoms with Gasteiger partial charge in [0.05, 0.1) is 10.9 Å². The Bertz CT molecular complexity index is 890. The molecule has 27 heavy (non-hydrogen) atoms. The van der Waals surface area contributed by atoms with Crippen molar-refractivity contribution in [2.75, 3.05) is 18.4 Å². The van der Waals surface area contributed by atoms with Gasteiger partial charge in [-0.25, -0.2) is 0 Å². The van der Waals surface area contributed by atoms with Gasteiger partial charge in [-0.1, -0.05) is 18.6 Å². The van der Waals surface area contributed by atoms with Crippen molar-refractivity contribution in [1.82, 2.24) is 4.90 Å². The molecule has 4 rings (SSSR count). The molecule has 0 aromatic carbocycles. The summed E-state index contributed by atoms with van der Waals surface area (Å²) in [5.74, 6) is -0.00364. The molecule has 0 spiro atoms. The lowest BCUT2D eigenvalue weighted by molar-refractivity contribution is 0.103. The highest BCUT2D eigenvalue weighted by Gasteiger charge is 2.30. The molecule has 0 radical (unpaired) electrons. The summed E-state index contributed by atoms with van der Waals surface area (Å²) in [5, 5.41) is 8.34. The third-order valence-electron chi connectivity index (χ3n) is 5.25. The summed E-state index contributed by atoms with van der Waals surface area (Å²) >= 11 is 5.01. The second-order valence-electron chi connectivity index (χ2n) is 6.97. The van der Waals surface area contributed by atoms with Gasteiger partial charge in [-0.3, -0.25) is 9.69 Å². The van der Waals surface area contributed by atoms with Gasteiger partial charge >= 0.3 is 0 Å². The molecule has 0 bridgehead atoms. The van der Waals surface area contributed by atoms with E-state index in [1.165, 1.54) is 51.5 Å². The molecular weight excluding hydrogens is 392 g/mol. The van der Waals surface area contributed by atoms with Crippen LogP contribution in [0, 0.1) is 13.8 Å². The van der Waals surface area contributed by atoms with Crippen LogP contribution in [0.2, 0.25) is 0 Å². The second-order valence-corrected chi connectivity index (χ2v) is 10.1. The van der Waals surface area contributed by atoms with Gasteiger partial charge in [-0.05, 0) is 68.2 Å². The number of piperidine rings is 1. The van der Waals surface area contributed by atoms with Crippen molar-refractivity contribution in [3.63, 3.8) is 0 Å². The van der Waals surface area contributed by atoms with Crippen molar-refractivity contribution in [2.24, 2.45) is 0 Å². The Labute approximate surface area is 172 Å². The van der Waals surface area contributed by atoms with Gasteiger partial charge in [-0.15, -0.1) is 34.0 Å². The smallest absolute Gasteiger partial charge is 0.266 e. The lowest BCUT2D eigenvalue weighted by Crippen LogP contribution is -2.34. The van der Waals surface area contributed by atoms with Crippen molar-refractivity contribution >= 4 is 44.9 Å². The summed E-state index contributed by atoms with van der Waals surface area (Å²) in [6.07, 6.45) is 3.82. The maximum Gasteiger partial charge on any atom is 0.266 e. The molecule has 3 aromatic heterocycles. The normalized spacial score (nSPS) is 16.4. The van der Waals surface area contributed by atoms with Crippen molar-refractivity contribution < 1.29 is 4.79 Å². The maximum atomic E-state index is 12.7. The van der Waals surface area contributed by atoms with E-state index < -0.39 is 0 Å². The van der Waals surface area contributed by atoms with E-state index in [2.05, 4.69) is 41.6 Å². The first kappa shape index (κ1) is 18.9. The average Bonchev–Trinajstić information content (AvgIpc) is 3.42. The summed E-state index contributed by atoms with van der Waals surface area (Å²) in [6.45, 7) is 6.60. The minimum Gasteiger partial charge on any atom is -0.313 e. The van der Waals surface area contributed by atoms with Crippen molar-refractivity contribution in [1.29, 1.82) is 0 Å². The van der Waals surface area contributed by atoms with E-state index in [1.807, 2.05) is 28.8 Å². The highest BCUT2D eigenvalue weighted by molar-refractivity contribution is 7.17. The van der Waals surface area contributed by atoms with E-state index in [0.717, 1.165) is 23.0 Å². The molecule has 1 atom stereocenters. The number of likely N-dealkylation sites (tertiary alicyclic amines) is 1. The zero-order chi connectivity index (χ0) is 18.8. The molecule has 1 aliphatic rings. The SMILES string of the molecule is Cc1sc(NC(=O)c2cccs2)c([C@@H](c2cccs2)N2CCCCC2)c1C. The first-order chi connectivity index (χ1) is 13.1. The first-order valence-electron chi connectivity index (χ1n) is 9.37. The lowest BCUT2D eigenvalue weighted by Gasteiger charge is -2.35. The van der Waals surface area contributed by atoms with E-state index in [0.29, 0.717) is 0 Å². The Balaban J connectivity index is 1.74. The summed E-state index contributed by atoms with van der Waals surface area (Å²) in [7, 11) is 0. The van der Waals surface area contributed by atoms with E-state index in [9.17, 15) is 4.79 Å². The van der Waals surface area contributed by atoms with Crippen LogP contribution in [0.15, 0.2) is 35.0 Å². The highest BCUT2D eigenvalue weighted by Crippen LogP contribution is 2.44. The Morgan fingerprint density at radius 3 is 2.48 bits per heavy atom. The Morgan fingerprint density at radius 2 is 1.81 bits per heavy atom. The summed E-state index contributed by atoms with van der Waals surface area (Å²) in [4.78, 5) is 18.7. The van der Waals surface area contributed by atoms with E-state index in [1.54, 1.807) is 11.3 Å². The van der Waals surface area contributed by atoms with Crippen LogP contribution >= 0.6 is 34.0 Å². The zero-order valence-corrected chi connectivity index (χ0v) is 18.1. The number of carbonyl (C=O) groups excluding carboxylic acids is 1. The number of amides is 1. The molecule has 0 unspecified atom stereocenters. The number of nitrogens with one attached hydrogen (secondary N) is 1. The molecule has 3 nitrogen and oxygen atoms in total. The number of nitrogens with zero attached hydrogens (tertiary/aromatic N) is 1. The Kier molecular flexibility index (Phi) is 5.78. The molecule has 1 fully saturated rings. The van der Waals surface area contributed by atoms with Crippen LogP contribution in [0.5, 0.6) is 0 Å². The van der Waals surface area contributed by atoms with Crippen LogP contribution in [0.25, 0.3) is 0 Å². The second kappa shape index (κ2) is 8.27. The predicted octanol–water partition coefficient (Wildman–Crippen LogP) is 6.32. The average molecular weight is 417 g/mol. The largest absolute Gasteiger partial charge is 0.313 e. The van der Waals surface area contributed by atoms with E-state index in [-0.39, 0.29) is 11.9 Å². The molecule has 3 aromatic rings. The van der Waals surface area contributed by atoms with Crippen molar-refractivity contribution in [2.45, 2.75) is 39.2 Å².